The van der Waals surface area contributed by atoms with Gasteiger partial charge in [0.2, 0.25) is 0 Å². The highest BCUT2D eigenvalue weighted by atomic mass is 35.5. The Kier molecular flexibility index (Phi) is 5.41. The van der Waals surface area contributed by atoms with Crippen molar-refractivity contribution < 1.29 is 14.3 Å². The average molecular weight is 445 g/mol. The Bertz CT molecular complexity index is 1230. The van der Waals surface area contributed by atoms with Crippen LogP contribution in [0.25, 0.3) is 15.9 Å². The van der Waals surface area contributed by atoms with Gasteiger partial charge in [-0.05, 0) is 49.4 Å². The molecule has 0 bridgehead atoms. The molecule has 4 aromatic rings. The van der Waals surface area contributed by atoms with Crippen molar-refractivity contribution in [1.82, 2.24) is 9.78 Å². The molecule has 0 spiro atoms. The van der Waals surface area contributed by atoms with Crippen LogP contribution >= 0.6 is 34.5 Å². The van der Waals surface area contributed by atoms with Gasteiger partial charge in [-0.2, -0.15) is 5.10 Å². The molecule has 0 aliphatic carbocycles. The van der Waals surface area contributed by atoms with Gasteiger partial charge in [0.05, 0.1) is 11.4 Å². The van der Waals surface area contributed by atoms with Crippen LogP contribution in [0.15, 0.2) is 54.6 Å². The highest BCUT2D eigenvalue weighted by molar-refractivity contribution is 7.20. The van der Waals surface area contributed by atoms with Crippen LogP contribution in [-0.2, 0) is 4.74 Å². The Morgan fingerprint density at radius 2 is 1.83 bits per heavy atom. The molecular weight excluding hydrogens is 431 g/mol. The van der Waals surface area contributed by atoms with Gasteiger partial charge >= 0.3 is 5.97 Å². The van der Waals surface area contributed by atoms with Crippen molar-refractivity contribution in [3.63, 3.8) is 0 Å². The van der Waals surface area contributed by atoms with E-state index in [4.69, 9.17) is 27.9 Å². The quantitative estimate of drug-likeness (QED) is 0.290. The van der Waals surface area contributed by atoms with Crippen LogP contribution in [0.1, 0.15) is 25.7 Å². The van der Waals surface area contributed by atoms with E-state index in [2.05, 4.69) is 5.10 Å². The molecule has 0 unspecified atom stereocenters. The van der Waals surface area contributed by atoms with Gasteiger partial charge in [-0.3, -0.25) is 4.79 Å². The number of ether oxygens (including phenoxy) is 1. The van der Waals surface area contributed by atoms with Gasteiger partial charge in [0.25, 0.3) is 0 Å². The van der Waals surface area contributed by atoms with Crippen molar-refractivity contribution in [3.05, 3.63) is 80.8 Å². The van der Waals surface area contributed by atoms with E-state index in [9.17, 15) is 9.59 Å². The van der Waals surface area contributed by atoms with E-state index < -0.39 is 5.97 Å². The molecule has 29 heavy (non-hydrogen) atoms. The number of rotatable bonds is 5. The Labute approximate surface area is 180 Å². The number of esters is 1. The van der Waals surface area contributed by atoms with Crippen LogP contribution in [0, 0.1) is 6.92 Å². The summed E-state index contributed by atoms with van der Waals surface area (Å²) in [4.78, 5) is 25.9. The summed E-state index contributed by atoms with van der Waals surface area (Å²) in [6.45, 7) is 1.52. The van der Waals surface area contributed by atoms with Gasteiger partial charge in [-0.1, -0.05) is 35.3 Å². The number of carbonyl (C=O) groups excluding carboxylic acids is 2. The lowest BCUT2D eigenvalue weighted by Crippen LogP contribution is -2.13. The van der Waals surface area contributed by atoms with Crippen LogP contribution in [0.3, 0.4) is 0 Å². The second kappa shape index (κ2) is 7.99. The van der Waals surface area contributed by atoms with Gasteiger partial charge in [-0.15, -0.1) is 11.3 Å². The van der Waals surface area contributed by atoms with Crippen molar-refractivity contribution in [2.24, 2.45) is 0 Å². The molecular formula is C21H14Cl2N2O3S. The summed E-state index contributed by atoms with van der Waals surface area (Å²) in [6.07, 6.45) is 0. The van der Waals surface area contributed by atoms with E-state index in [1.165, 1.54) is 11.3 Å². The lowest BCUT2D eigenvalue weighted by Gasteiger charge is -2.04. The molecule has 2 aromatic carbocycles. The molecule has 146 valence electrons. The number of hydrogen-bond acceptors (Lipinski definition) is 5. The maximum absolute atomic E-state index is 12.5. The second-order valence-corrected chi connectivity index (χ2v) is 8.22. The Hall–Kier alpha value is -2.67. The lowest BCUT2D eigenvalue weighted by molar-refractivity contribution is 0.0479. The maximum Gasteiger partial charge on any atom is 0.348 e. The molecule has 4 rings (SSSR count). The average Bonchev–Trinajstić information content (AvgIpc) is 3.27. The Morgan fingerprint density at radius 1 is 1.07 bits per heavy atom. The summed E-state index contributed by atoms with van der Waals surface area (Å²) in [5.41, 5.74) is 2.03. The van der Waals surface area contributed by atoms with E-state index >= 15 is 0 Å². The topological polar surface area (TPSA) is 61.2 Å². The van der Waals surface area contributed by atoms with Crippen LogP contribution < -0.4 is 0 Å². The first-order valence-electron chi connectivity index (χ1n) is 8.63. The smallest absolute Gasteiger partial charge is 0.348 e. The highest BCUT2D eigenvalue weighted by Gasteiger charge is 2.19. The van der Waals surface area contributed by atoms with Crippen molar-refractivity contribution in [1.29, 1.82) is 0 Å². The van der Waals surface area contributed by atoms with E-state index in [1.54, 1.807) is 47.1 Å². The summed E-state index contributed by atoms with van der Waals surface area (Å²) in [5.74, 6) is -0.867. The van der Waals surface area contributed by atoms with Gasteiger partial charge in [0.1, 0.15) is 9.71 Å². The van der Waals surface area contributed by atoms with Gasteiger partial charge in [-0.25, -0.2) is 9.48 Å². The molecule has 0 radical (unpaired) electrons. The number of Topliss-reactive ketones (excluding diaryl/α,β-unsaturated/α-hetero) is 1. The predicted octanol–water partition coefficient (Wildman–Crippen LogP) is 5.74. The number of halogens is 2. The van der Waals surface area contributed by atoms with Crippen molar-refractivity contribution in [2.45, 2.75) is 6.92 Å². The zero-order valence-corrected chi connectivity index (χ0v) is 17.5. The number of aromatic nitrogens is 2. The molecule has 0 aliphatic heterocycles. The molecule has 0 saturated heterocycles. The van der Waals surface area contributed by atoms with Crippen molar-refractivity contribution in [2.75, 3.05) is 6.61 Å². The first-order valence-corrected chi connectivity index (χ1v) is 10.2. The van der Waals surface area contributed by atoms with Crippen molar-refractivity contribution >= 4 is 56.5 Å². The normalized spacial score (nSPS) is 11.0. The molecule has 5 nitrogen and oxygen atoms in total. The summed E-state index contributed by atoms with van der Waals surface area (Å²) in [6, 6.07) is 15.5. The number of thiophene rings is 1. The molecule has 0 N–H and O–H groups in total. The number of benzene rings is 2. The fourth-order valence-electron chi connectivity index (χ4n) is 2.85. The number of hydrogen-bond donors (Lipinski definition) is 0. The molecule has 2 heterocycles. The SMILES string of the molecule is Cc1nn(-c2ccc(Cl)cc2)c2sc(C(=O)OCC(=O)c3cccc(Cl)c3)cc12. The van der Waals surface area contributed by atoms with Crippen LogP contribution in [-0.4, -0.2) is 28.1 Å². The molecule has 0 fully saturated rings. The lowest BCUT2D eigenvalue weighted by atomic mass is 10.1. The van der Waals surface area contributed by atoms with E-state index in [1.807, 2.05) is 19.1 Å². The zero-order valence-electron chi connectivity index (χ0n) is 15.2. The third kappa shape index (κ3) is 4.05. The predicted molar refractivity (Wildman–Crippen MR) is 115 cm³/mol. The van der Waals surface area contributed by atoms with Gasteiger partial charge in [0, 0.05) is 21.0 Å². The third-order valence-corrected chi connectivity index (χ3v) is 5.88. The molecule has 0 atom stereocenters. The monoisotopic (exact) mass is 444 g/mol. The summed E-state index contributed by atoms with van der Waals surface area (Å²) < 4.78 is 6.98. The largest absolute Gasteiger partial charge is 0.453 e. The molecule has 2 aromatic heterocycles. The first kappa shape index (κ1) is 19.6. The third-order valence-electron chi connectivity index (χ3n) is 4.30. The van der Waals surface area contributed by atoms with E-state index in [-0.39, 0.29) is 12.4 Å². The number of ketones is 1. The number of nitrogens with zero attached hydrogens (tertiary/aromatic N) is 2. The fraction of sp³-hybridized carbons (Fsp3) is 0.0952. The number of carbonyl (C=O) groups is 2. The number of fused-ring (bicyclic) bond motifs is 1. The minimum absolute atomic E-state index is 0.314. The first-order chi connectivity index (χ1) is 13.9. The van der Waals surface area contributed by atoms with Crippen LogP contribution in [0.2, 0.25) is 10.0 Å². The second-order valence-electron chi connectivity index (χ2n) is 6.31. The minimum Gasteiger partial charge on any atom is -0.453 e. The molecule has 0 saturated carbocycles. The molecule has 8 heteroatoms. The van der Waals surface area contributed by atoms with Crippen LogP contribution in [0.5, 0.6) is 0 Å². The standard InChI is InChI=1S/C21H14Cl2N2O3S/c1-12-17-10-19(21(27)28-11-18(26)13-3-2-4-15(23)9-13)29-20(17)25(24-12)16-7-5-14(22)6-8-16/h2-10H,11H2,1H3. The Morgan fingerprint density at radius 3 is 2.55 bits per heavy atom. The van der Waals surface area contributed by atoms with E-state index in [0.717, 1.165) is 21.6 Å². The summed E-state index contributed by atoms with van der Waals surface area (Å²) in [5, 5.41) is 6.48. The number of aryl methyl sites for hydroxylation is 1. The summed E-state index contributed by atoms with van der Waals surface area (Å²) in [7, 11) is 0. The van der Waals surface area contributed by atoms with Crippen LogP contribution in [0.4, 0.5) is 0 Å². The molecule has 0 aliphatic rings. The fourth-order valence-corrected chi connectivity index (χ4v) is 4.25. The molecule has 0 amide bonds. The van der Waals surface area contributed by atoms with Gasteiger partial charge in [0.15, 0.2) is 12.4 Å². The zero-order chi connectivity index (χ0) is 20.5. The maximum atomic E-state index is 12.5. The minimum atomic E-state index is -0.552. The van der Waals surface area contributed by atoms with Gasteiger partial charge < -0.3 is 4.74 Å². The van der Waals surface area contributed by atoms with Crippen molar-refractivity contribution in [3.8, 4) is 5.69 Å². The Balaban J connectivity index is 1.55. The van der Waals surface area contributed by atoms with E-state index in [0.29, 0.717) is 20.5 Å². The highest BCUT2D eigenvalue weighted by Crippen LogP contribution is 2.31. The summed E-state index contributed by atoms with van der Waals surface area (Å²) >= 11 is 13.1.